The van der Waals surface area contributed by atoms with Crippen LogP contribution >= 0.6 is 0 Å². The minimum atomic E-state index is -0.512. The van der Waals surface area contributed by atoms with E-state index >= 15 is 0 Å². The van der Waals surface area contributed by atoms with Gasteiger partial charge in [-0.3, -0.25) is 4.90 Å². The van der Waals surface area contributed by atoms with Crippen LogP contribution in [0.15, 0.2) is 18.2 Å². The number of nitrogens with one attached hydrogen (secondary N) is 1. The Kier molecular flexibility index (Phi) is 5.92. The summed E-state index contributed by atoms with van der Waals surface area (Å²) in [6, 6.07) is 4.36. The van der Waals surface area contributed by atoms with Gasteiger partial charge in [0.15, 0.2) is 0 Å². The molecule has 112 valence electrons. The van der Waals surface area contributed by atoms with E-state index in [0.29, 0.717) is 18.2 Å². The lowest BCUT2D eigenvalue weighted by Crippen LogP contribution is -2.43. The van der Waals surface area contributed by atoms with Gasteiger partial charge in [0, 0.05) is 30.8 Å². The van der Waals surface area contributed by atoms with Crippen molar-refractivity contribution in [3.05, 3.63) is 35.4 Å². The van der Waals surface area contributed by atoms with Crippen LogP contribution in [0.25, 0.3) is 0 Å². The van der Waals surface area contributed by atoms with Crippen molar-refractivity contribution in [3.8, 4) is 0 Å². The summed E-state index contributed by atoms with van der Waals surface area (Å²) in [5.74, 6) is -0.954. The summed E-state index contributed by atoms with van der Waals surface area (Å²) in [6.07, 6.45) is 4.74. The van der Waals surface area contributed by atoms with Crippen LogP contribution in [0.4, 0.5) is 8.78 Å². The first-order valence-electron chi connectivity index (χ1n) is 7.58. The summed E-state index contributed by atoms with van der Waals surface area (Å²) < 4.78 is 26.7. The molecule has 1 aliphatic rings. The Balaban J connectivity index is 1.96. The molecular formula is C16H24F2N2. The second-order valence-corrected chi connectivity index (χ2v) is 5.62. The zero-order valence-corrected chi connectivity index (χ0v) is 12.2. The van der Waals surface area contributed by atoms with Gasteiger partial charge in [-0.15, -0.1) is 0 Å². The van der Waals surface area contributed by atoms with Crippen LogP contribution in [0.2, 0.25) is 0 Å². The lowest BCUT2D eigenvalue weighted by atomic mass is 10.0. The molecule has 1 aromatic carbocycles. The Labute approximate surface area is 120 Å². The molecule has 1 N–H and O–H groups in total. The van der Waals surface area contributed by atoms with Gasteiger partial charge in [0.1, 0.15) is 11.6 Å². The Hall–Kier alpha value is -1.00. The maximum Gasteiger partial charge on any atom is 0.130 e. The molecule has 0 saturated carbocycles. The predicted molar refractivity (Wildman–Crippen MR) is 77.6 cm³/mol. The topological polar surface area (TPSA) is 15.3 Å². The zero-order chi connectivity index (χ0) is 14.4. The third kappa shape index (κ3) is 4.53. The lowest BCUT2D eigenvalue weighted by molar-refractivity contribution is 0.215. The van der Waals surface area contributed by atoms with Gasteiger partial charge in [-0.1, -0.05) is 19.4 Å². The van der Waals surface area contributed by atoms with E-state index in [1.165, 1.54) is 25.3 Å². The summed E-state index contributed by atoms with van der Waals surface area (Å²) in [7, 11) is 0. The molecule has 1 heterocycles. The highest BCUT2D eigenvalue weighted by molar-refractivity contribution is 5.18. The molecule has 0 spiro atoms. The van der Waals surface area contributed by atoms with E-state index in [1.807, 2.05) is 0 Å². The number of rotatable bonds is 6. The Morgan fingerprint density at radius 2 is 2.15 bits per heavy atom. The van der Waals surface area contributed by atoms with Crippen molar-refractivity contribution in [3.63, 3.8) is 0 Å². The molecule has 1 atom stereocenters. The quantitative estimate of drug-likeness (QED) is 0.861. The molecule has 1 aromatic rings. The highest BCUT2D eigenvalue weighted by atomic mass is 19.1. The zero-order valence-electron chi connectivity index (χ0n) is 12.2. The van der Waals surface area contributed by atoms with Gasteiger partial charge in [-0.05, 0) is 38.4 Å². The first kappa shape index (κ1) is 15.4. The molecule has 0 aromatic heterocycles. The summed E-state index contributed by atoms with van der Waals surface area (Å²) in [5.41, 5.74) is 0.579. The van der Waals surface area contributed by atoms with Crippen LogP contribution in [0.1, 0.15) is 38.2 Å². The minimum absolute atomic E-state index is 0.442. The third-order valence-corrected chi connectivity index (χ3v) is 3.84. The van der Waals surface area contributed by atoms with E-state index < -0.39 is 11.6 Å². The average molecular weight is 282 g/mol. The number of nitrogens with zero attached hydrogens (tertiary/aromatic N) is 1. The molecule has 0 bridgehead atoms. The molecule has 1 aliphatic heterocycles. The lowest BCUT2D eigenvalue weighted by Gasteiger charge is -2.30. The number of halogens is 2. The smallest absolute Gasteiger partial charge is 0.130 e. The van der Waals surface area contributed by atoms with Crippen LogP contribution in [-0.2, 0) is 6.54 Å². The van der Waals surface area contributed by atoms with Crippen molar-refractivity contribution >= 4 is 0 Å². The maximum atomic E-state index is 13.7. The van der Waals surface area contributed by atoms with E-state index in [4.69, 9.17) is 0 Å². The predicted octanol–water partition coefficient (Wildman–Crippen LogP) is 3.32. The Bertz CT molecular complexity index is 417. The molecule has 2 rings (SSSR count). The number of hydrogen-bond donors (Lipinski definition) is 1. The molecule has 0 aliphatic carbocycles. The molecule has 1 saturated heterocycles. The summed E-state index contributed by atoms with van der Waals surface area (Å²) >= 11 is 0. The van der Waals surface area contributed by atoms with Crippen LogP contribution in [0.3, 0.4) is 0 Å². The standard InChI is InChI=1S/C16H24F2N2/c1-2-9-20(12-15-5-3-4-8-19-15)11-13-6-7-14(17)10-16(13)18/h6-7,10,15,19H,2-5,8-9,11-12H2,1H3. The van der Waals surface area contributed by atoms with Crippen molar-refractivity contribution in [2.75, 3.05) is 19.6 Å². The first-order valence-corrected chi connectivity index (χ1v) is 7.58. The first-order chi connectivity index (χ1) is 9.69. The molecule has 20 heavy (non-hydrogen) atoms. The summed E-state index contributed by atoms with van der Waals surface area (Å²) in [5, 5.41) is 3.52. The highest BCUT2D eigenvalue weighted by Gasteiger charge is 2.17. The van der Waals surface area contributed by atoms with E-state index in [-0.39, 0.29) is 0 Å². The number of benzene rings is 1. The fraction of sp³-hybridized carbons (Fsp3) is 0.625. The monoisotopic (exact) mass is 282 g/mol. The highest BCUT2D eigenvalue weighted by Crippen LogP contribution is 2.15. The number of hydrogen-bond acceptors (Lipinski definition) is 2. The van der Waals surface area contributed by atoms with Crippen molar-refractivity contribution in [1.29, 1.82) is 0 Å². The molecular weight excluding hydrogens is 258 g/mol. The molecule has 4 heteroatoms. The fourth-order valence-corrected chi connectivity index (χ4v) is 2.83. The molecule has 0 radical (unpaired) electrons. The van der Waals surface area contributed by atoms with Gasteiger partial charge >= 0.3 is 0 Å². The number of piperidine rings is 1. The van der Waals surface area contributed by atoms with Crippen molar-refractivity contribution < 1.29 is 8.78 Å². The van der Waals surface area contributed by atoms with Gasteiger partial charge in [-0.25, -0.2) is 8.78 Å². The van der Waals surface area contributed by atoms with Crippen LogP contribution in [0.5, 0.6) is 0 Å². The van der Waals surface area contributed by atoms with Crippen molar-refractivity contribution in [1.82, 2.24) is 10.2 Å². The van der Waals surface area contributed by atoms with Crippen LogP contribution in [-0.4, -0.2) is 30.6 Å². The van der Waals surface area contributed by atoms with E-state index in [0.717, 1.165) is 32.1 Å². The van der Waals surface area contributed by atoms with Crippen LogP contribution in [0, 0.1) is 11.6 Å². The van der Waals surface area contributed by atoms with Crippen LogP contribution < -0.4 is 5.32 Å². The average Bonchev–Trinajstić information content (AvgIpc) is 2.43. The molecule has 0 amide bonds. The fourth-order valence-electron chi connectivity index (χ4n) is 2.83. The normalized spacial score (nSPS) is 19.5. The van der Waals surface area contributed by atoms with Gasteiger partial charge in [-0.2, -0.15) is 0 Å². The van der Waals surface area contributed by atoms with Gasteiger partial charge in [0.25, 0.3) is 0 Å². The van der Waals surface area contributed by atoms with Gasteiger partial charge < -0.3 is 5.32 Å². The summed E-state index contributed by atoms with van der Waals surface area (Å²) in [6.45, 7) is 5.63. The van der Waals surface area contributed by atoms with Gasteiger partial charge in [0.05, 0.1) is 0 Å². The second kappa shape index (κ2) is 7.70. The molecule has 1 unspecified atom stereocenters. The maximum absolute atomic E-state index is 13.7. The Morgan fingerprint density at radius 1 is 1.30 bits per heavy atom. The van der Waals surface area contributed by atoms with E-state index in [2.05, 4.69) is 17.1 Å². The van der Waals surface area contributed by atoms with Crippen molar-refractivity contribution in [2.45, 2.75) is 45.2 Å². The minimum Gasteiger partial charge on any atom is -0.313 e. The van der Waals surface area contributed by atoms with Crippen molar-refractivity contribution in [2.24, 2.45) is 0 Å². The molecule has 2 nitrogen and oxygen atoms in total. The van der Waals surface area contributed by atoms with E-state index in [9.17, 15) is 8.78 Å². The van der Waals surface area contributed by atoms with E-state index in [1.54, 1.807) is 6.07 Å². The second-order valence-electron chi connectivity index (χ2n) is 5.62. The van der Waals surface area contributed by atoms with Gasteiger partial charge in [0.2, 0.25) is 0 Å². The third-order valence-electron chi connectivity index (χ3n) is 3.84. The molecule has 1 fully saturated rings. The Morgan fingerprint density at radius 3 is 2.80 bits per heavy atom. The largest absolute Gasteiger partial charge is 0.313 e. The summed E-state index contributed by atoms with van der Waals surface area (Å²) in [4.78, 5) is 2.26. The SMILES string of the molecule is CCCN(Cc1ccc(F)cc1F)CC1CCCCN1.